The zero-order valence-corrected chi connectivity index (χ0v) is 11.3. The number of rotatable bonds is 4. The van der Waals surface area contributed by atoms with Crippen molar-refractivity contribution in [1.29, 1.82) is 0 Å². The zero-order chi connectivity index (χ0) is 13.8. The Bertz CT molecular complexity index is 619. The Kier molecular flexibility index (Phi) is 4.29. The highest BCUT2D eigenvalue weighted by Gasteiger charge is 2.10. The Labute approximate surface area is 119 Å². The van der Waals surface area contributed by atoms with Crippen LogP contribution < -0.4 is 0 Å². The summed E-state index contributed by atoms with van der Waals surface area (Å²) in [5.41, 5.74) is 0.722. The monoisotopic (exact) mass is 295 g/mol. The maximum absolute atomic E-state index is 10.7. The summed E-state index contributed by atoms with van der Waals surface area (Å²) in [5, 5.41) is 20.6. The Balaban J connectivity index is 2.15. The highest BCUT2D eigenvalue weighted by Crippen LogP contribution is 2.30. The maximum atomic E-state index is 10.7. The van der Waals surface area contributed by atoms with Crippen molar-refractivity contribution >= 4 is 29.1 Å². The van der Waals surface area contributed by atoms with Gasteiger partial charge in [-0.25, -0.2) is 0 Å². The molecule has 0 bridgehead atoms. The second-order valence-electron chi connectivity index (χ2n) is 3.82. The summed E-state index contributed by atoms with van der Waals surface area (Å²) in [6, 6.07) is 11.2. The number of nitrogens with zero attached hydrogens (tertiary/aromatic N) is 1. The lowest BCUT2D eigenvalue weighted by atomic mass is 10.2. The predicted molar refractivity (Wildman–Crippen MR) is 75.8 cm³/mol. The second-order valence-corrected chi connectivity index (χ2v) is 5.27. The first-order valence-electron chi connectivity index (χ1n) is 5.41. The summed E-state index contributed by atoms with van der Waals surface area (Å²) in [6.45, 7) is 0. The molecule has 0 aliphatic carbocycles. The van der Waals surface area contributed by atoms with Gasteiger partial charge in [-0.05, 0) is 29.8 Å². The third kappa shape index (κ3) is 3.62. The molecule has 0 heterocycles. The molecule has 98 valence electrons. The summed E-state index contributed by atoms with van der Waals surface area (Å²) in [5.74, 6) is 0.694. The van der Waals surface area contributed by atoms with E-state index < -0.39 is 4.92 Å². The topological polar surface area (TPSA) is 63.4 Å². The van der Waals surface area contributed by atoms with Crippen LogP contribution in [0.4, 0.5) is 5.69 Å². The van der Waals surface area contributed by atoms with Gasteiger partial charge in [0.1, 0.15) is 5.75 Å². The molecule has 1 N–H and O–H groups in total. The molecule has 0 saturated carbocycles. The number of phenolic OH excluding ortho intramolecular Hbond substituents is 1. The average molecular weight is 296 g/mol. The zero-order valence-electron chi connectivity index (χ0n) is 9.75. The molecule has 0 amide bonds. The Morgan fingerprint density at radius 1 is 1.26 bits per heavy atom. The van der Waals surface area contributed by atoms with E-state index in [1.54, 1.807) is 18.2 Å². The summed E-state index contributed by atoms with van der Waals surface area (Å²) in [7, 11) is 0. The van der Waals surface area contributed by atoms with Crippen LogP contribution in [0.1, 0.15) is 5.56 Å². The lowest BCUT2D eigenvalue weighted by Crippen LogP contribution is -1.90. The number of phenols is 1. The molecule has 0 aromatic heterocycles. The van der Waals surface area contributed by atoms with Gasteiger partial charge < -0.3 is 5.11 Å². The molecule has 19 heavy (non-hydrogen) atoms. The van der Waals surface area contributed by atoms with Gasteiger partial charge >= 0.3 is 0 Å². The highest BCUT2D eigenvalue weighted by molar-refractivity contribution is 7.98. The normalized spacial score (nSPS) is 10.4. The van der Waals surface area contributed by atoms with Crippen LogP contribution in [0, 0.1) is 10.1 Å². The number of nitro benzene ring substituents is 1. The molecule has 0 aliphatic rings. The number of nitro groups is 1. The van der Waals surface area contributed by atoms with Gasteiger partial charge in [0.25, 0.3) is 5.69 Å². The Morgan fingerprint density at radius 2 is 2.05 bits per heavy atom. The smallest absolute Gasteiger partial charge is 0.269 e. The van der Waals surface area contributed by atoms with E-state index >= 15 is 0 Å². The molecule has 4 nitrogen and oxygen atoms in total. The first-order chi connectivity index (χ1) is 9.06. The lowest BCUT2D eigenvalue weighted by Gasteiger charge is -2.05. The van der Waals surface area contributed by atoms with Crippen LogP contribution in [0.15, 0.2) is 47.4 Å². The molecule has 0 spiro atoms. The van der Waals surface area contributed by atoms with Crippen LogP contribution in [0.5, 0.6) is 5.75 Å². The van der Waals surface area contributed by atoms with Gasteiger partial charge in [0.2, 0.25) is 0 Å². The lowest BCUT2D eigenvalue weighted by molar-refractivity contribution is -0.384. The van der Waals surface area contributed by atoms with E-state index in [0.29, 0.717) is 16.3 Å². The maximum Gasteiger partial charge on any atom is 0.269 e. The van der Waals surface area contributed by atoms with Crippen molar-refractivity contribution in [3.8, 4) is 5.75 Å². The summed E-state index contributed by atoms with van der Waals surface area (Å²) >= 11 is 7.47. The largest absolute Gasteiger partial charge is 0.508 e. The molecular formula is C13H10ClNO3S. The minimum atomic E-state index is -0.446. The minimum absolute atomic E-state index is 0.0240. The third-order valence-corrected chi connectivity index (χ3v) is 3.86. The number of aromatic hydroxyl groups is 1. The van der Waals surface area contributed by atoms with E-state index in [1.165, 1.54) is 30.0 Å². The quantitative estimate of drug-likeness (QED) is 0.520. The van der Waals surface area contributed by atoms with Crippen LogP contribution in [-0.4, -0.2) is 10.0 Å². The molecule has 2 rings (SSSR count). The van der Waals surface area contributed by atoms with E-state index in [9.17, 15) is 15.2 Å². The summed E-state index contributed by atoms with van der Waals surface area (Å²) < 4.78 is 0. The van der Waals surface area contributed by atoms with E-state index in [0.717, 1.165) is 4.90 Å². The molecule has 0 atom stereocenters. The fraction of sp³-hybridized carbons (Fsp3) is 0.0769. The van der Waals surface area contributed by atoms with Gasteiger partial charge in [0.05, 0.1) is 4.92 Å². The van der Waals surface area contributed by atoms with Crippen molar-refractivity contribution < 1.29 is 10.0 Å². The number of halogens is 1. The second kappa shape index (κ2) is 5.95. The molecule has 0 radical (unpaired) electrons. The number of hydrogen-bond acceptors (Lipinski definition) is 4. The Morgan fingerprint density at radius 3 is 2.74 bits per heavy atom. The number of hydrogen-bond donors (Lipinski definition) is 1. The van der Waals surface area contributed by atoms with Crippen LogP contribution in [-0.2, 0) is 5.75 Å². The first-order valence-corrected chi connectivity index (χ1v) is 6.77. The highest BCUT2D eigenvalue weighted by atomic mass is 35.5. The van der Waals surface area contributed by atoms with E-state index in [-0.39, 0.29) is 11.4 Å². The van der Waals surface area contributed by atoms with Crippen molar-refractivity contribution in [3.63, 3.8) is 0 Å². The van der Waals surface area contributed by atoms with Gasteiger partial charge in [-0.2, -0.15) is 0 Å². The average Bonchev–Trinajstić information content (AvgIpc) is 2.37. The summed E-state index contributed by atoms with van der Waals surface area (Å²) in [6.07, 6.45) is 0. The Hall–Kier alpha value is -1.72. The predicted octanol–water partition coefficient (Wildman–Crippen LogP) is 4.25. The fourth-order valence-electron chi connectivity index (χ4n) is 1.52. The summed E-state index contributed by atoms with van der Waals surface area (Å²) in [4.78, 5) is 11.1. The molecule has 2 aromatic rings. The van der Waals surface area contributed by atoms with Crippen LogP contribution in [0.3, 0.4) is 0 Å². The van der Waals surface area contributed by atoms with Gasteiger partial charge in [0, 0.05) is 27.8 Å². The SMILES string of the molecule is O=[N+]([O-])c1ccc(Cl)c(CSc2cccc(O)c2)c1. The number of benzene rings is 2. The van der Waals surface area contributed by atoms with E-state index in [1.807, 2.05) is 6.07 Å². The fourth-order valence-corrected chi connectivity index (χ4v) is 2.72. The van der Waals surface area contributed by atoms with Crippen LogP contribution in [0.25, 0.3) is 0 Å². The number of non-ortho nitro benzene ring substituents is 1. The molecule has 2 aromatic carbocycles. The molecule has 6 heteroatoms. The van der Waals surface area contributed by atoms with Gasteiger partial charge in [-0.15, -0.1) is 11.8 Å². The van der Waals surface area contributed by atoms with Crippen molar-refractivity contribution in [1.82, 2.24) is 0 Å². The molecule has 0 unspecified atom stereocenters. The van der Waals surface area contributed by atoms with Gasteiger partial charge in [-0.1, -0.05) is 17.7 Å². The number of thioether (sulfide) groups is 1. The molecule has 0 saturated heterocycles. The van der Waals surface area contributed by atoms with E-state index in [2.05, 4.69) is 0 Å². The van der Waals surface area contributed by atoms with Crippen molar-refractivity contribution in [3.05, 3.63) is 63.2 Å². The van der Waals surface area contributed by atoms with Crippen molar-refractivity contribution in [2.75, 3.05) is 0 Å². The van der Waals surface area contributed by atoms with E-state index in [4.69, 9.17) is 11.6 Å². The van der Waals surface area contributed by atoms with Gasteiger partial charge in [0.15, 0.2) is 0 Å². The first kappa shape index (κ1) is 13.7. The van der Waals surface area contributed by atoms with Crippen LogP contribution >= 0.6 is 23.4 Å². The third-order valence-electron chi connectivity index (χ3n) is 2.45. The standard InChI is InChI=1S/C13H10ClNO3S/c14-13-5-4-10(15(17)18)6-9(13)8-19-12-3-1-2-11(16)7-12/h1-7,16H,8H2. The van der Waals surface area contributed by atoms with Crippen LogP contribution in [0.2, 0.25) is 5.02 Å². The minimum Gasteiger partial charge on any atom is -0.508 e. The molecular weight excluding hydrogens is 286 g/mol. The van der Waals surface area contributed by atoms with Gasteiger partial charge in [-0.3, -0.25) is 10.1 Å². The van der Waals surface area contributed by atoms with Crippen molar-refractivity contribution in [2.45, 2.75) is 10.6 Å². The molecule has 0 aliphatic heterocycles. The molecule has 0 fully saturated rings. The van der Waals surface area contributed by atoms with Crippen molar-refractivity contribution in [2.24, 2.45) is 0 Å².